The predicted molar refractivity (Wildman–Crippen MR) is 72.3 cm³/mol. The molecule has 1 aromatic carbocycles. The third kappa shape index (κ3) is 1.19. The molecule has 0 aliphatic heterocycles. The van der Waals surface area contributed by atoms with Gasteiger partial charge >= 0.3 is 0 Å². The molecule has 1 aliphatic rings. The van der Waals surface area contributed by atoms with E-state index < -0.39 is 0 Å². The SMILES string of the molecule is C1=Cc2ccn3c(cc4ccccc43)c2CC1. The first-order valence-corrected chi connectivity index (χ1v) is 6.12. The highest BCUT2D eigenvalue weighted by Crippen LogP contribution is 2.28. The maximum Gasteiger partial charge on any atom is 0.0528 e. The fourth-order valence-corrected chi connectivity index (χ4v) is 2.84. The van der Waals surface area contributed by atoms with E-state index in [1.54, 1.807) is 0 Å². The molecular formula is C16H13N. The molecule has 1 heteroatoms. The third-order valence-corrected chi connectivity index (χ3v) is 3.67. The summed E-state index contributed by atoms with van der Waals surface area (Å²) in [4.78, 5) is 0. The smallest absolute Gasteiger partial charge is 0.0528 e. The summed E-state index contributed by atoms with van der Waals surface area (Å²) < 4.78 is 2.31. The molecule has 0 amide bonds. The Balaban J connectivity index is 2.21. The van der Waals surface area contributed by atoms with E-state index in [9.17, 15) is 0 Å². The van der Waals surface area contributed by atoms with Gasteiger partial charge in [-0.05, 0) is 42.2 Å². The highest BCUT2D eigenvalue weighted by molar-refractivity contribution is 5.89. The van der Waals surface area contributed by atoms with Gasteiger partial charge in [-0.3, -0.25) is 0 Å². The van der Waals surface area contributed by atoms with Gasteiger partial charge in [0.25, 0.3) is 0 Å². The van der Waals surface area contributed by atoms with Gasteiger partial charge in [0.05, 0.1) is 11.0 Å². The van der Waals surface area contributed by atoms with E-state index in [2.05, 4.69) is 59.1 Å². The summed E-state index contributed by atoms with van der Waals surface area (Å²) in [7, 11) is 0. The Morgan fingerprint density at radius 3 is 2.94 bits per heavy atom. The van der Waals surface area contributed by atoms with Gasteiger partial charge in [-0.1, -0.05) is 30.4 Å². The quantitative estimate of drug-likeness (QED) is 0.537. The van der Waals surface area contributed by atoms with E-state index in [4.69, 9.17) is 0 Å². The zero-order valence-electron chi connectivity index (χ0n) is 9.56. The molecule has 0 N–H and O–H groups in total. The monoisotopic (exact) mass is 219 g/mol. The van der Waals surface area contributed by atoms with E-state index in [0.717, 1.165) is 12.8 Å². The lowest BCUT2D eigenvalue weighted by Crippen LogP contribution is -1.97. The van der Waals surface area contributed by atoms with Gasteiger partial charge in [0.2, 0.25) is 0 Å². The van der Waals surface area contributed by atoms with Crippen molar-refractivity contribution < 1.29 is 0 Å². The summed E-state index contributed by atoms with van der Waals surface area (Å²) in [5, 5.41) is 1.33. The summed E-state index contributed by atoms with van der Waals surface area (Å²) in [5.74, 6) is 0. The van der Waals surface area contributed by atoms with E-state index in [1.807, 2.05) is 0 Å². The normalized spacial score (nSPS) is 14.4. The van der Waals surface area contributed by atoms with Crippen LogP contribution in [0.2, 0.25) is 0 Å². The number of allylic oxidation sites excluding steroid dienone is 1. The molecule has 0 spiro atoms. The number of pyridine rings is 1. The summed E-state index contributed by atoms with van der Waals surface area (Å²) in [6, 6.07) is 13.1. The van der Waals surface area contributed by atoms with E-state index >= 15 is 0 Å². The lowest BCUT2D eigenvalue weighted by Gasteiger charge is -2.12. The van der Waals surface area contributed by atoms with Crippen LogP contribution in [0.4, 0.5) is 0 Å². The van der Waals surface area contributed by atoms with Crippen molar-refractivity contribution in [2.45, 2.75) is 12.8 Å². The summed E-state index contributed by atoms with van der Waals surface area (Å²) in [5.41, 5.74) is 5.55. The van der Waals surface area contributed by atoms with Crippen LogP contribution in [0.15, 0.2) is 48.7 Å². The van der Waals surface area contributed by atoms with Crippen molar-refractivity contribution in [1.82, 2.24) is 4.40 Å². The van der Waals surface area contributed by atoms with Gasteiger partial charge < -0.3 is 4.40 Å². The first kappa shape index (κ1) is 9.06. The highest BCUT2D eigenvalue weighted by Gasteiger charge is 2.11. The van der Waals surface area contributed by atoms with Crippen molar-refractivity contribution in [3.8, 4) is 0 Å². The molecular weight excluding hydrogens is 206 g/mol. The second-order valence-electron chi connectivity index (χ2n) is 4.65. The zero-order chi connectivity index (χ0) is 11.2. The van der Waals surface area contributed by atoms with Crippen LogP contribution >= 0.6 is 0 Å². The molecule has 17 heavy (non-hydrogen) atoms. The third-order valence-electron chi connectivity index (χ3n) is 3.67. The minimum absolute atomic E-state index is 1.16. The van der Waals surface area contributed by atoms with Crippen LogP contribution < -0.4 is 0 Å². The highest BCUT2D eigenvalue weighted by atomic mass is 14.9. The Morgan fingerprint density at radius 1 is 1.00 bits per heavy atom. The van der Waals surface area contributed by atoms with E-state index in [1.165, 1.54) is 27.5 Å². The number of fused-ring (bicyclic) bond motifs is 5. The van der Waals surface area contributed by atoms with Crippen LogP contribution in [-0.2, 0) is 6.42 Å². The van der Waals surface area contributed by atoms with Crippen molar-refractivity contribution in [3.63, 3.8) is 0 Å². The lowest BCUT2D eigenvalue weighted by molar-refractivity contribution is 0.982. The van der Waals surface area contributed by atoms with Gasteiger partial charge in [0, 0.05) is 11.6 Å². The standard InChI is InChI=1S/C16H13N/c1-3-7-14-12(5-1)9-10-17-15-8-4-2-6-13(15)11-16(14)17/h1-2,4-6,8-11H,3,7H2. The molecule has 0 radical (unpaired) electrons. The lowest BCUT2D eigenvalue weighted by atomic mass is 9.98. The van der Waals surface area contributed by atoms with Gasteiger partial charge in [0.15, 0.2) is 0 Å². The van der Waals surface area contributed by atoms with Gasteiger partial charge in [0.1, 0.15) is 0 Å². The van der Waals surface area contributed by atoms with Gasteiger partial charge in [-0.15, -0.1) is 0 Å². The second kappa shape index (κ2) is 3.24. The maximum absolute atomic E-state index is 2.31. The molecule has 2 heterocycles. The number of rotatable bonds is 0. The molecule has 0 atom stereocenters. The molecule has 2 aromatic heterocycles. The van der Waals surface area contributed by atoms with Crippen LogP contribution in [0.3, 0.4) is 0 Å². The number of para-hydroxylation sites is 1. The molecule has 3 aromatic rings. The number of hydrogen-bond acceptors (Lipinski definition) is 0. The topological polar surface area (TPSA) is 4.41 Å². The fourth-order valence-electron chi connectivity index (χ4n) is 2.84. The molecule has 0 bridgehead atoms. The van der Waals surface area contributed by atoms with Gasteiger partial charge in [-0.25, -0.2) is 0 Å². The van der Waals surface area contributed by atoms with E-state index in [-0.39, 0.29) is 0 Å². The number of nitrogens with zero attached hydrogens (tertiary/aromatic N) is 1. The van der Waals surface area contributed by atoms with Crippen LogP contribution in [-0.4, -0.2) is 4.40 Å². The predicted octanol–water partition coefficient (Wildman–Crippen LogP) is 4.05. The molecule has 0 saturated carbocycles. The molecule has 1 aliphatic carbocycles. The molecule has 0 fully saturated rings. The van der Waals surface area contributed by atoms with Crippen LogP contribution in [0.25, 0.3) is 22.5 Å². The molecule has 82 valence electrons. The number of aryl methyl sites for hydroxylation is 1. The summed E-state index contributed by atoms with van der Waals surface area (Å²) in [6.07, 6.45) is 9.02. The van der Waals surface area contributed by atoms with E-state index in [0.29, 0.717) is 0 Å². The largest absolute Gasteiger partial charge is 0.316 e. The number of hydrogen-bond donors (Lipinski definition) is 0. The minimum atomic E-state index is 1.16. The maximum atomic E-state index is 2.31. The average molecular weight is 219 g/mol. The minimum Gasteiger partial charge on any atom is -0.316 e. The zero-order valence-corrected chi connectivity index (χ0v) is 9.56. The van der Waals surface area contributed by atoms with Crippen molar-refractivity contribution in [3.05, 3.63) is 59.8 Å². The average Bonchev–Trinajstić information content (AvgIpc) is 2.78. The van der Waals surface area contributed by atoms with Crippen molar-refractivity contribution in [2.24, 2.45) is 0 Å². The Hall–Kier alpha value is -2.02. The van der Waals surface area contributed by atoms with Crippen LogP contribution in [0.1, 0.15) is 17.5 Å². The summed E-state index contributed by atoms with van der Waals surface area (Å²) in [6.45, 7) is 0. The summed E-state index contributed by atoms with van der Waals surface area (Å²) >= 11 is 0. The van der Waals surface area contributed by atoms with Gasteiger partial charge in [-0.2, -0.15) is 0 Å². The molecule has 0 unspecified atom stereocenters. The second-order valence-corrected chi connectivity index (χ2v) is 4.65. The fraction of sp³-hybridized carbons (Fsp3) is 0.125. The number of benzene rings is 1. The molecule has 4 rings (SSSR count). The Labute approximate surface area is 100.0 Å². The van der Waals surface area contributed by atoms with Crippen molar-refractivity contribution >= 4 is 22.5 Å². The Bertz CT molecular complexity index is 747. The van der Waals surface area contributed by atoms with Crippen molar-refractivity contribution in [2.75, 3.05) is 0 Å². The Morgan fingerprint density at radius 2 is 1.94 bits per heavy atom. The molecule has 0 saturated heterocycles. The van der Waals surface area contributed by atoms with Crippen LogP contribution in [0.5, 0.6) is 0 Å². The van der Waals surface area contributed by atoms with Crippen LogP contribution in [0, 0.1) is 0 Å². The first-order chi connectivity index (χ1) is 8.43. The molecule has 1 nitrogen and oxygen atoms in total. The first-order valence-electron chi connectivity index (χ1n) is 6.12. The Kier molecular flexibility index (Phi) is 1.72. The van der Waals surface area contributed by atoms with Crippen molar-refractivity contribution in [1.29, 1.82) is 0 Å². The number of aromatic nitrogens is 1.